The van der Waals surface area contributed by atoms with E-state index < -0.39 is 50.5 Å². The summed E-state index contributed by atoms with van der Waals surface area (Å²) in [5.74, 6) is -3.06. The van der Waals surface area contributed by atoms with Gasteiger partial charge >= 0.3 is 13.7 Å². The first-order valence-electron chi connectivity index (χ1n) is 13.2. The van der Waals surface area contributed by atoms with Gasteiger partial charge in [0, 0.05) is 0 Å². The Morgan fingerprint density at radius 2 is 1.95 bits per heavy atom. The molecule has 13 nitrogen and oxygen atoms in total. The van der Waals surface area contributed by atoms with Gasteiger partial charge in [-0.15, -0.1) is 0 Å². The number of anilines is 1. The van der Waals surface area contributed by atoms with Crippen LogP contribution in [0.25, 0.3) is 5.52 Å². The van der Waals surface area contributed by atoms with Crippen LogP contribution in [0.3, 0.4) is 0 Å². The maximum atomic E-state index is 14.8. The van der Waals surface area contributed by atoms with Gasteiger partial charge in [-0.1, -0.05) is 44.9 Å². The highest BCUT2D eigenvalue weighted by molar-refractivity contribution is 7.52. The number of nitrogen functional groups attached to an aromatic ring is 1. The van der Waals surface area contributed by atoms with Crippen molar-refractivity contribution in [1.29, 1.82) is 0 Å². The number of nitrogens with zero attached hydrogens (tertiary/aromatic N) is 3. The first-order valence-corrected chi connectivity index (χ1v) is 14.8. The summed E-state index contributed by atoms with van der Waals surface area (Å²) in [6, 6.07) is 9.66. The van der Waals surface area contributed by atoms with E-state index in [4.69, 9.17) is 24.3 Å². The lowest BCUT2D eigenvalue weighted by Crippen LogP contribution is -2.49. The summed E-state index contributed by atoms with van der Waals surface area (Å²) in [6.07, 6.45) is -2.38. The molecule has 15 heteroatoms. The second-order valence-corrected chi connectivity index (χ2v) is 11.4. The SMILES string of the molecule is CCC(CC)COC(=O)[C@H](C)N[P@@](=O)(Oc1ccccc1)O[C@@]1(CF)O[C@@H](c2ccc3c(N)ncnn23)[C@H](O)[C@@H]1O. The van der Waals surface area contributed by atoms with Crippen LogP contribution in [-0.2, 0) is 23.4 Å². The van der Waals surface area contributed by atoms with Crippen LogP contribution < -0.4 is 15.3 Å². The molecule has 0 unspecified atom stereocenters. The van der Waals surface area contributed by atoms with E-state index in [1.54, 1.807) is 24.3 Å². The number of fused-ring (bicyclic) bond motifs is 1. The second-order valence-electron chi connectivity index (χ2n) is 9.78. The van der Waals surface area contributed by atoms with Gasteiger partial charge in [-0.05, 0) is 37.1 Å². The van der Waals surface area contributed by atoms with Crippen LogP contribution in [0.15, 0.2) is 48.8 Å². The maximum Gasteiger partial charge on any atom is 0.462 e. The summed E-state index contributed by atoms with van der Waals surface area (Å²) in [6.45, 7) is 3.94. The van der Waals surface area contributed by atoms with E-state index in [9.17, 15) is 24.0 Å². The van der Waals surface area contributed by atoms with Gasteiger partial charge in [0.1, 0.15) is 48.6 Å². The third-order valence-corrected chi connectivity index (χ3v) is 8.67. The molecular formula is C26H35FN5O8P. The molecule has 5 N–H and O–H groups in total. The van der Waals surface area contributed by atoms with Gasteiger partial charge in [-0.3, -0.25) is 4.79 Å². The zero-order valence-corrected chi connectivity index (χ0v) is 23.8. The fourth-order valence-corrected chi connectivity index (χ4v) is 6.18. The molecule has 0 bridgehead atoms. The Bertz CT molecular complexity index is 1380. The van der Waals surface area contributed by atoms with Crippen molar-refractivity contribution in [3.8, 4) is 5.75 Å². The Morgan fingerprint density at radius 1 is 1.24 bits per heavy atom. The monoisotopic (exact) mass is 595 g/mol. The Labute approximate surface area is 236 Å². The van der Waals surface area contributed by atoms with Crippen molar-refractivity contribution < 1.29 is 42.5 Å². The number of para-hydroxylation sites is 1. The Hall–Kier alpha value is -3.13. The molecule has 0 saturated carbocycles. The van der Waals surface area contributed by atoms with E-state index in [-0.39, 0.29) is 29.8 Å². The third-order valence-electron chi connectivity index (χ3n) is 6.96. The minimum atomic E-state index is -4.71. The molecule has 4 rings (SSSR count). The second kappa shape index (κ2) is 12.8. The van der Waals surface area contributed by atoms with Gasteiger partial charge in [-0.2, -0.15) is 10.2 Å². The van der Waals surface area contributed by atoms with Crippen molar-refractivity contribution >= 4 is 25.1 Å². The molecule has 1 aromatic carbocycles. The number of carbonyl (C=O) groups is 1. The van der Waals surface area contributed by atoms with Crippen molar-refractivity contribution in [3.63, 3.8) is 0 Å². The predicted octanol–water partition coefficient (Wildman–Crippen LogP) is 2.93. The number of halogens is 1. The molecule has 3 heterocycles. The third kappa shape index (κ3) is 6.53. The summed E-state index contributed by atoms with van der Waals surface area (Å²) in [5.41, 5.74) is 6.46. The van der Waals surface area contributed by atoms with E-state index >= 15 is 0 Å². The average Bonchev–Trinajstić information content (AvgIpc) is 3.49. The normalized spacial score (nSPS) is 24.8. The van der Waals surface area contributed by atoms with E-state index in [0.717, 1.165) is 12.8 Å². The molecule has 0 spiro atoms. The summed E-state index contributed by atoms with van der Waals surface area (Å²) in [7, 11) is -4.71. The van der Waals surface area contributed by atoms with E-state index in [1.165, 1.54) is 36.0 Å². The van der Waals surface area contributed by atoms with E-state index in [1.807, 2.05) is 13.8 Å². The van der Waals surface area contributed by atoms with Crippen LogP contribution in [0.2, 0.25) is 0 Å². The fraction of sp³-hybridized carbons (Fsp3) is 0.500. The molecule has 1 saturated heterocycles. The van der Waals surface area contributed by atoms with Crippen molar-refractivity contribution in [2.45, 2.75) is 63.8 Å². The summed E-state index contributed by atoms with van der Waals surface area (Å²) in [5, 5.41) is 28.4. The molecule has 6 atom stereocenters. The number of hydrogen-bond acceptors (Lipinski definition) is 11. The molecular weight excluding hydrogens is 560 g/mol. The highest BCUT2D eigenvalue weighted by atomic mass is 31.2. The molecule has 3 aromatic rings. The maximum absolute atomic E-state index is 14.8. The molecule has 0 amide bonds. The molecule has 1 aliphatic heterocycles. The Balaban J connectivity index is 1.62. The lowest BCUT2D eigenvalue weighted by Gasteiger charge is -2.33. The average molecular weight is 596 g/mol. The van der Waals surface area contributed by atoms with Gasteiger partial charge in [0.2, 0.25) is 5.79 Å². The van der Waals surface area contributed by atoms with Crippen molar-refractivity contribution in [2.24, 2.45) is 5.92 Å². The molecule has 2 aromatic heterocycles. The molecule has 0 radical (unpaired) electrons. The number of aliphatic hydroxyl groups is 2. The number of aromatic nitrogens is 3. The van der Waals surface area contributed by atoms with Crippen LogP contribution in [0, 0.1) is 5.92 Å². The lowest BCUT2D eigenvalue weighted by atomic mass is 10.0. The Kier molecular flexibility index (Phi) is 9.62. The van der Waals surface area contributed by atoms with Gasteiger partial charge in [0.15, 0.2) is 5.82 Å². The van der Waals surface area contributed by atoms with Gasteiger partial charge in [-0.25, -0.2) is 23.0 Å². The van der Waals surface area contributed by atoms with Crippen LogP contribution in [0.4, 0.5) is 10.2 Å². The molecule has 1 fully saturated rings. The topological polar surface area (TPSA) is 180 Å². The van der Waals surface area contributed by atoms with E-state index in [0.29, 0.717) is 5.52 Å². The number of ether oxygens (including phenoxy) is 2. The number of aliphatic hydroxyl groups excluding tert-OH is 2. The number of alkyl halides is 1. The quantitative estimate of drug-likeness (QED) is 0.168. The zero-order chi connectivity index (χ0) is 29.8. The number of nitrogens with one attached hydrogen (secondary N) is 1. The van der Waals surface area contributed by atoms with Crippen molar-refractivity contribution in [2.75, 3.05) is 19.0 Å². The highest BCUT2D eigenvalue weighted by Crippen LogP contribution is 2.54. The summed E-state index contributed by atoms with van der Waals surface area (Å²) < 4.78 is 52.6. The number of hydrogen-bond donors (Lipinski definition) is 4. The molecule has 0 aliphatic carbocycles. The number of carbonyl (C=O) groups excluding carboxylic acids is 1. The minimum Gasteiger partial charge on any atom is -0.464 e. The van der Waals surface area contributed by atoms with Crippen molar-refractivity contribution in [3.05, 3.63) is 54.5 Å². The smallest absolute Gasteiger partial charge is 0.462 e. The molecule has 41 heavy (non-hydrogen) atoms. The number of rotatable bonds is 13. The van der Waals surface area contributed by atoms with Crippen molar-refractivity contribution in [1.82, 2.24) is 19.7 Å². The predicted molar refractivity (Wildman–Crippen MR) is 145 cm³/mol. The van der Waals surface area contributed by atoms with Gasteiger partial charge in [0.05, 0.1) is 12.3 Å². The zero-order valence-electron chi connectivity index (χ0n) is 22.9. The van der Waals surface area contributed by atoms with Crippen LogP contribution in [0.1, 0.15) is 45.4 Å². The first-order chi connectivity index (χ1) is 19.6. The van der Waals surface area contributed by atoms with Gasteiger partial charge in [0.25, 0.3) is 0 Å². The minimum absolute atomic E-state index is 0.0595. The summed E-state index contributed by atoms with van der Waals surface area (Å²) in [4.78, 5) is 16.6. The molecule has 224 valence electrons. The number of esters is 1. The summed E-state index contributed by atoms with van der Waals surface area (Å²) >= 11 is 0. The number of benzene rings is 1. The van der Waals surface area contributed by atoms with Gasteiger partial charge < -0.3 is 29.9 Å². The standard InChI is InChI=1S/C26H35FN5O8P/c1-4-17(5-2)13-37-25(35)16(3)31-41(36,39-18-9-7-6-8-10-18)40-26(14-27)23(34)21(33)22(38-26)19-11-12-20-24(28)29-15-30-32(19)20/h6-12,15-17,21-23,33-34H,4-5,13-14H2,1-3H3,(H,31,36)(H2,28,29,30)/t16-,21-,22-,23-,26+,41+/m0/s1. The van der Waals surface area contributed by atoms with Crippen LogP contribution in [-0.4, -0.2) is 68.1 Å². The number of nitrogens with two attached hydrogens (primary N) is 1. The van der Waals surface area contributed by atoms with Crippen LogP contribution in [0.5, 0.6) is 5.75 Å². The molecule has 1 aliphatic rings. The lowest BCUT2D eigenvalue weighted by molar-refractivity contribution is -0.222. The first kappa shape index (κ1) is 30.8. The van der Waals surface area contributed by atoms with Crippen LogP contribution >= 0.6 is 7.75 Å². The largest absolute Gasteiger partial charge is 0.464 e. The van der Waals surface area contributed by atoms with E-state index in [2.05, 4.69) is 15.2 Å². The fourth-order valence-electron chi connectivity index (χ4n) is 4.45. The Morgan fingerprint density at radius 3 is 2.61 bits per heavy atom. The highest BCUT2D eigenvalue weighted by Gasteiger charge is 2.60.